The van der Waals surface area contributed by atoms with E-state index in [9.17, 15) is 22.8 Å². The molecule has 1 aromatic rings. The van der Waals surface area contributed by atoms with Crippen LogP contribution >= 0.6 is 0 Å². The Morgan fingerprint density at radius 2 is 1.88 bits per heavy atom. The van der Waals surface area contributed by atoms with Crippen molar-refractivity contribution in [2.75, 3.05) is 33.2 Å². The number of nitrogens with one attached hydrogen (secondary N) is 1. The van der Waals surface area contributed by atoms with Crippen LogP contribution in [0.3, 0.4) is 0 Å². The van der Waals surface area contributed by atoms with Crippen molar-refractivity contribution >= 4 is 17.9 Å². The minimum absolute atomic E-state index is 0.105. The molecule has 1 fully saturated rings. The van der Waals surface area contributed by atoms with E-state index in [1.54, 1.807) is 4.90 Å². The number of alkyl halides is 3. The maximum absolute atomic E-state index is 12.5. The van der Waals surface area contributed by atoms with Gasteiger partial charge < -0.3 is 15.1 Å². The first-order chi connectivity index (χ1) is 12.2. The van der Waals surface area contributed by atoms with E-state index in [-0.39, 0.29) is 18.5 Å². The van der Waals surface area contributed by atoms with E-state index in [1.807, 2.05) is 14.0 Å². The summed E-state index contributed by atoms with van der Waals surface area (Å²) in [6.45, 7) is 3.95. The Kier molecular flexibility index (Phi) is 6.42. The number of nitrogens with zero attached hydrogens (tertiary/aromatic N) is 2. The van der Waals surface area contributed by atoms with Gasteiger partial charge in [-0.3, -0.25) is 9.59 Å². The van der Waals surface area contributed by atoms with Gasteiger partial charge in [-0.15, -0.1) is 0 Å². The molecule has 5 nitrogen and oxygen atoms in total. The summed E-state index contributed by atoms with van der Waals surface area (Å²) in [6, 6.07) is 4.74. The highest BCUT2D eigenvalue weighted by Crippen LogP contribution is 2.29. The second-order valence-corrected chi connectivity index (χ2v) is 6.34. The molecule has 1 atom stereocenters. The van der Waals surface area contributed by atoms with Gasteiger partial charge in [0.15, 0.2) is 0 Å². The van der Waals surface area contributed by atoms with Crippen molar-refractivity contribution in [3.63, 3.8) is 0 Å². The quantitative estimate of drug-likeness (QED) is 0.826. The van der Waals surface area contributed by atoms with Crippen LogP contribution in [0.4, 0.5) is 13.2 Å². The molecule has 1 N–H and O–H groups in total. The molecule has 26 heavy (non-hydrogen) atoms. The molecular formula is C18H22F3N3O2. The fraction of sp³-hybridized carbons (Fsp3) is 0.444. The largest absolute Gasteiger partial charge is 0.416 e. The van der Waals surface area contributed by atoms with E-state index in [4.69, 9.17) is 0 Å². The lowest BCUT2D eigenvalue weighted by Crippen LogP contribution is -2.53. The molecular weight excluding hydrogens is 347 g/mol. The van der Waals surface area contributed by atoms with Gasteiger partial charge in [0, 0.05) is 31.8 Å². The molecule has 1 saturated heterocycles. The first-order valence-electron chi connectivity index (χ1n) is 8.28. The first-order valence-corrected chi connectivity index (χ1v) is 8.28. The fourth-order valence-corrected chi connectivity index (χ4v) is 2.56. The third-order valence-corrected chi connectivity index (χ3v) is 4.39. The molecule has 0 spiro atoms. The van der Waals surface area contributed by atoms with E-state index in [2.05, 4.69) is 10.2 Å². The molecule has 8 heteroatoms. The second-order valence-electron chi connectivity index (χ2n) is 6.34. The van der Waals surface area contributed by atoms with Gasteiger partial charge in [0.25, 0.3) is 0 Å². The van der Waals surface area contributed by atoms with Gasteiger partial charge >= 0.3 is 6.18 Å². The number of amides is 2. The molecule has 142 valence electrons. The van der Waals surface area contributed by atoms with E-state index in [0.29, 0.717) is 18.7 Å². The van der Waals surface area contributed by atoms with Crippen LogP contribution in [0, 0.1) is 0 Å². The monoisotopic (exact) mass is 369 g/mol. The second kappa shape index (κ2) is 8.35. The van der Waals surface area contributed by atoms with Crippen molar-refractivity contribution in [1.82, 2.24) is 15.1 Å². The van der Waals surface area contributed by atoms with Crippen molar-refractivity contribution in [2.45, 2.75) is 19.1 Å². The zero-order valence-corrected chi connectivity index (χ0v) is 14.7. The van der Waals surface area contributed by atoms with Crippen LogP contribution in [0.25, 0.3) is 6.08 Å². The van der Waals surface area contributed by atoms with Gasteiger partial charge in [-0.1, -0.05) is 12.1 Å². The molecule has 1 aromatic carbocycles. The minimum Gasteiger partial charge on any atom is -0.343 e. The number of piperazine rings is 1. The van der Waals surface area contributed by atoms with Crippen molar-refractivity contribution in [3.05, 3.63) is 41.5 Å². The number of hydrogen-bond donors (Lipinski definition) is 1. The minimum atomic E-state index is -4.39. The number of hydrogen-bond acceptors (Lipinski definition) is 3. The summed E-state index contributed by atoms with van der Waals surface area (Å²) in [6.07, 6.45) is -1.79. The van der Waals surface area contributed by atoms with Crippen molar-refractivity contribution in [3.8, 4) is 0 Å². The van der Waals surface area contributed by atoms with Crippen LogP contribution in [0.2, 0.25) is 0 Å². The lowest BCUT2D eigenvalue weighted by Gasteiger charge is -2.37. The summed E-state index contributed by atoms with van der Waals surface area (Å²) < 4.78 is 37.5. The summed E-state index contributed by atoms with van der Waals surface area (Å²) in [7, 11) is 2.00. The summed E-state index contributed by atoms with van der Waals surface area (Å²) in [5.41, 5.74) is -0.279. The standard InChI is InChI=1S/C18H22F3N3O2/c1-13-12-24(10-9-23(13)2)17(26)11-22-16(25)8-5-14-3-6-15(7-4-14)18(19,20)21/h3-8,13H,9-12H2,1-2H3,(H,22,25)/b8-5+. The number of halogens is 3. The summed E-state index contributed by atoms with van der Waals surface area (Å²) >= 11 is 0. The zero-order valence-electron chi connectivity index (χ0n) is 14.7. The van der Waals surface area contributed by atoms with Gasteiger partial charge in [-0.2, -0.15) is 13.2 Å². The molecule has 0 bridgehead atoms. The normalized spacial score (nSPS) is 19.0. The van der Waals surface area contributed by atoms with E-state index in [0.717, 1.165) is 18.7 Å². The number of rotatable bonds is 4. The predicted octanol–water partition coefficient (Wildman–Crippen LogP) is 2.00. The van der Waals surface area contributed by atoms with Crippen LogP contribution in [-0.4, -0.2) is 60.9 Å². The highest BCUT2D eigenvalue weighted by atomic mass is 19.4. The van der Waals surface area contributed by atoms with E-state index >= 15 is 0 Å². The summed E-state index contributed by atoms with van der Waals surface area (Å²) in [4.78, 5) is 27.8. The van der Waals surface area contributed by atoms with Gasteiger partial charge in [0.05, 0.1) is 12.1 Å². The van der Waals surface area contributed by atoms with Gasteiger partial charge in [0.1, 0.15) is 0 Å². The molecule has 1 unspecified atom stereocenters. The fourth-order valence-electron chi connectivity index (χ4n) is 2.56. The van der Waals surface area contributed by atoms with Crippen LogP contribution in [0.1, 0.15) is 18.1 Å². The Labute approximate surface area is 150 Å². The van der Waals surface area contributed by atoms with E-state index < -0.39 is 17.6 Å². The summed E-state index contributed by atoms with van der Waals surface area (Å²) in [5.74, 6) is -0.623. The lowest BCUT2D eigenvalue weighted by atomic mass is 10.1. The van der Waals surface area contributed by atoms with Crippen LogP contribution < -0.4 is 5.32 Å². The number of likely N-dealkylation sites (N-methyl/N-ethyl adjacent to an activating group) is 1. The molecule has 0 radical (unpaired) electrons. The Morgan fingerprint density at radius 3 is 2.46 bits per heavy atom. The van der Waals surface area contributed by atoms with Crippen molar-refractivity contribution < 1.29 is 22.8 Å². The maximum Gasteiger partial charge on any atom is 0.416 e. The zero-order chi connectivity index (χ0) is 19.3. The lowest BCUT2D eigenvalue weighted by molar-refractivity contribution is -0.137. The van der Waals surface area contributed by atoms with Crippen LogP contribution in [-0.2, 0) is 15.8 Å². The molecule has 0 saturated carbocycles. The van der Waals surface area contributed by atoms with Crippen molar-refractivity contribution in [2.24, 2.45) is 0 Å². The third-order valence-electron chi connectivity index (χ3n) is 4.39. The molecule has 0 aliphatic carbocycles. The Bertz CT molecular complexity index is 671. The maximum atomic E-state index is 12.5. The topological polar surface area (TPSA) is 52.7 Å². The molecule has 1 aliphatic heterocycles. The predicted molar refractivity (Wildman–Crippen MR) is 92.2 cm³/mol. The smallest absolute Gasteiger partial charge is 0.343 e. The Morgan fingerprint density at radius 1 is 1.23 bits per heavy atom. The Hall–Kier alpha value is -2.35. The average Bonchev–Trinajstić information content (AvgIpc) is 2.59. The first kappa shape index (κ1) is 20.0. The number of carbonyl (C=O) groups is 2. The number of benzene rings is 1. The van der Waals surface area contributed by atoms with Crippen molar-refractivity contribution in [1.29, 1.82) is 0 Å². The molecule has 2 amide bonds. The van der Waals surface area contributed by atoms with Crippen LogP contribution in [0.15, 0.2) is 30.3 Å². The molecule has 1 aliphatic rings. The Balaban J connectivity index is 1.81. The SMILES string of the molecule is CC1CN(C(=O)CNC(=O)/C=C/c2ccc(C(F)(F)F)cc2)CCN1C. The average molecular weight is 369 g/mol. The molecule has 2 rings (SSSR count). The van der Waals surface area contributed by atoms with E-state index in [1.165, 1.54) is 24.3 Å². The van der Waals surface area contributed by atoms with Gasteiger partial charge in [0.2, 0.25) is 11.8 Å². The summed E-state index contributed by atoms with van der Waals surface area (Å²) in [5, 5.41) is 2.50. The van der Waals surface area contributed by atoms with Crippen LogP contribution in [0.5, 0.6) is 0 Å². The van der Waals surface area contributed by atoms with Gasteiger partial charge in [-0.25, -0.2) is 0 Å². The molecule has 0 aromatic heterocycles. The highest BCUT2D eigenvalue weighted by Gasteiger charge is 2.29. The van der Waals surface area contributed by atoms with Gasteiger partial charge in [-0.05, 0) is 37.7 Å². The molecule has 1 heterocycles. The third kappa shape index (κ3) is 5.59. The number of carbonyl (C=O) groups excluding carboxylic acids is 2. The highest BCUT2D eigenvalue weighted by molar-refractivity contribution is 5.94.